The van der Waals surface area contributed by atoms with Gasteiger partial charge in [-0.3, -0.25) is 0 Å². The van der Waals surface area contributed by atoms with Crippen LogP contribution in [0.3, 0.4) is 0 Å². The predicted octanol–water partition coefficient (Wildman–Crippen LogP) is 2.89. The molecule has 2 rings (SSSR count). The molecule has 12 heavy (non-hydrogen) atoms. The van der Waals surface area contributed by atoms with Gasteiger partial charge < -0.3 is 0 Å². The number of benzene rings is 1. The second-order valence-electron chi connectivity index (χ2n) is 2.04. The standard InChI is InChI=1S/C6H5.C5H5.Fe/c1-2-4-6-5-3-1;1-2-4-5-3-1;/h1-5H;1-5H;/q2*-1;+2. The molecule has 2 aromatic rings. The van der Waals surface area contributed by atoms with Crippen LogP contribution >= 0.6 is 0 Å². The van der Waals surface area contributed by atoms with Crippen molar-refractivity contribution in [1.82, 2.24) is 0 Å². The number of rotatable bonds is 0. The molecule has 0 aliphatic heterocycles. The average Bonchev–Trinajstić information content (AvgIpc) is 2.64. The molecule has 0 fully saturated rings. The first-order valence-corrected chi connectivity index (χ1v) is 3.58. The Morgan fingerprint density at radius 2 is 1.33 bits per heavy atom. The average molecular weight is 198 g/mol. The summed E-state index contributed by atoms with van der Waals surface area (Å²) in [6, 6.07) is 22.5. The third kappa shape index (κ3) is 5.84. The monoisotopic (exact) mass is 198 g/mol. The van der Waals surface area contributed by atoms with E-state index in [0.717, 1.165) is 0 Å². The maximum Gasteiger partial charge on any atom is 2.00 e. The van der Waals surface area contributed by atoms with Crippen LogP contribution in [0.2, 0.25) is 0 Å². The van der Waals surface area contributed by atoms with Gasteiger partial charge in [-0.1, -0.05) is 0 Å². The Balaban J connectivity index is 0.000000189. The fraction of sp³-hybridized carbons (Fsp3) is 0. The molecule has 0 atom stereocenters. The fourth-order valence-electron chi connectivity index (χ4n) is 0.663. The van der Waals surface area contributed by atoms with Crippen LogP contribution in [0.5, 0.6) is 0 Å². The molecular weight excluding hydrogens is 188 g/mol. The Hall–Kier alpha value is -0.911. The Labute approximate surface area is 84.1 Å². The van der Waals surface area contributed by atoms with Gasteiger partial charge in [0.2, 0.25) is 0 Å². The molecule has 0 N–H and O–H groups in total. The molecule has 0 bridgehead atoms. The summed E-state index contributed by atoms with van der Waals surface area (Å²) in [4.78, 5) is 0. The van der Waals surface area contributed by atoms with Crippen molar-refractivity contribution in [2.24, 2.45) is 0 Å². The molecule has 0 spiro atoms. The van der Waals surface area contributed by atoms with Crippen molar-refractivity contribution in [2.75, 3.05) is 0 Å². The maximum absolute atomic E-state index is 2.89. The molecule has 62 valence electrons. The van der Waals surface area contributed by atoms with E-state index in [1.807, 2.05) is 60.7 Å². The van der Waals surface area contributed by atoms with Crippen LogP contribution in [0.4, 0.5) is 0 Å². The first-order valence-electron chi connectivity index (χ1n) is 3.58. The second-order valence-corrected chi connectivity index (χ2v) is 2.04. The first-order chi connectivity index (χ1) is 5.50. The van der Waals surface area contributed by atoms with Crippen LogP contribution in [-0.4, -0.2) is 0 Å². The van der Waals surface area contributed by atoms with Crippen LogP contribution in [0, 0.1) is 6.07 Å². The molecule has 0 aliphatic rings. The first kappa shape index (κ1) is 11.1. The van der Waals surface area contributed by atoms with Gasteiger partial charge in [-0.15, -0.1) is 0 Å². The van der Waals surface area contributed by atoms with Gasteiger partial charge in [0.05, 0.1) is 0 Å². The minimum atomic E-state index is 0. The van der Waals surface area contributed by atoms with Crippen molar-refractivity contribution < 1.29 is 17.1 Å². The van der Waals surface area contributed by atoms with Crippen molar-refractivity contribution in [2.45, 2.75) is 0 Å². The zero-order valence-electron chi connectivity index (χ0n) is 6.63. The molecule has 0 saturated heterocycles. The van der Waals surface area contributed by atoms with Crippen LogP contribution < -0.4 is 0 Å². The van der Waals surface area contributed by atoms with E-state index in [1.165, 1.54) is 0 Å². The third-order valence-corrected chi connectivity index (χ3v) is 1.16. The summed E-state index contributed by atoms with van der Waals surface area (Å²) >= 11 is 0. The van der Waals surface area contributed by atoms with Gasteiger partial charge in [0, 0.05) is 0 Å². The Kier molecular flexibility index (Phi) is 7.57. The number of hydrogen-bond donors (Lipinski definition) is 0. The van der Waals surface area contributed by atoms with E-state index in [9.17, 15) is 0 Å². The Bertz CT molecular complexity index is 191. The molecule has 0 radical (unpaired) electrons. The molecule has 0 aromatic heterocycles. The van der Waals surface area contributed by atoms with Gasteiger partial charge in [0.25, 0.3) is 0 Å². The van der Waals surface area contributed by atoms with Gasteiger partial charge >= 0.3 is 17.1 Å². The third-order valence-electron chi connectivity index (χ3n) is 1.16. The zero-order valence-corrected chi connectivity index (χ0v) is 7.73. The van der Waals surface area contributed by atoms with E-state index in [4.69, 9.17) is 0 Å². The van der Waals surface area contributed by atoms with E-state index < -0.39 is 0 Å². The summed E-state index contributed by atoms with van der Waals surface area (Å²) in [6.07, 6.45) is 0. The maximum atomic E-state index is 2.89. The summed E-state index contributed by atoms with van der Waals surface area (Å²) in [5.41, 5.74) is 0. The van der Waals surface area contributed by atoms with Crippen molar-refractivity contribution in [3.63, 3.8) is 0 Å². The van der Waals surface area contributed by atoms with E-state index in [0.29, 0.717) is 0 Å². The summed E-state index contributed by atoms with van der Waals surface area (Å²) in [5, 5.41) is 0. The largest absolute Gasteiger partial charge is 2.00 e. The Morgan fingerprint density at radius 3 is 1.50 bits per heavy atom. The zero-order chi connectivity index (χ0) is 7.78. The molecule has 1 heteroatoms. The summed E-state index contributed by atoms with van der Waals surface area (Å²) in [5.74, 6) is 0. The summed E-state index contributed by atoms with van der Waals surface area (Å²) in [6.45, 7) is 0. The molecule has 2 aromatic carbocycles. The molecule has 0 unspecified atom stereocenters. The van der Waals surface area contributed by atoms with Crippen LogP contribution in [0.15, 0.2) is 60.7 Å². The van der Waals surface area contributed by atoms with Gasteiger partial charge in [-0.25, -0.2) is 12.1 Å². The minimum absolute atomic E-state index is 0. The molecule has 0 saturated carbocycles. The molecule has 0 nitrogen and oxygen atoms in total. The van der Waals surface area contributed by atoms with Gasteiger partial charge in [-0.05, 0) is 0 Å². The van der Waals surface area contributed by atoms with E-state index in [-0.39, 0.29) is 17.1 Å². The smallest absolute Gasteiger partial charge is 0.214 e. The van der Waals surface area contributed by atoms with Crippen LogP contribution in [0.1, 0.15) is 0 Å². The SMILES string of the molecule is [Fe+2].[c-]1ccccc1.c1cc[cH-]c1. The second kappa shape index (κ2) is 8.19. The van der Waals surface area contributed by atoms with Gasteiger partial charge in [0.1, 0.15) is 0 Å². The Morgan fingerprint density at radius 1 is 0.750 bits per heavy atom. The minimum Gasteiger partial charge on any atom is -0.214 e. The number of hydrogen-bond acceptors (Lipinski definition) is 0. The van der Waals surface area contributed by atoms with E-state index in [1.54, 1.807) is 0 Å². The molecule has 0 amide bonds. The molecule has 0 heterocycles. The normalized spacial score (nSPS) is 7.33. The summed E-state index contributed by atoms with van der Waals surface area (Å²) < 4.78 is 0. The van der Waals surface area contributed by atoms with Gasteiger partial charge in [-0.2, -0.15) is 54.6 Å². The summed E-state index contributed by atoms with van der Waals surface area (Å²) in [7, 11) is 0. The fourth-order valence-corrected chi connectivity index (χ4v) is 0.663. The van der Waals surface area contributed by atoms with E-state index >= 15 is 0 Å². The van der Waals surface area contributed by atoms with Crippen molar-refractivity contribution in [3.8, 4) is 0 Å². The van der Waals surface area contributed by atoms with E-state index in [2.05, 4.69) is 6.07 Å². The molecular formula is C11H10Fe. The van der Waals surface area contributed by atoms with Crippen molar-refractivity contribution in [1.29, 1.82) is 0 Å². The van der Waals surface area contributed by atoms with Crippen LogP contribution in [-0.2, 0) is 17.1 Å². The van der Waals surface area contributed by atoms with Crippen LogP contribution in [0.25, 0.3) is 0 Å². The topological polar surface area (TPSA) is 0 Å². The predicted molar refractivity (Wildman–Crippen MR) is 47.3 cm³/mol. The van der Waals surface area contributed by atoms with Crippen molar-refractivity contribution >= 4 is 0 Å². The van der Waals surface area contributed by atoms with Crippen molar-refractivity contribution in [3.05, 3.63) is 66.7 Å². The quantitative estimate of drug-likeness (QED) is 0.451. The van der Waals surface area contributed by atoms with Gasteiger partial charge in [0.15, 0.2) is 0 Å². The molecule has 0 aliphatic carbocycles.